The summed E-state index contributed by atoms with van der Waals surface area (Å²) in [7, 11) is 0. The molecule has 0 radical (unpaired) electrons. The van der Waals surface area contributed by atoms with Crippen molar-refractivity contribution in [1.29, 1.82) is 0 Å². The van der Waals surface area contributed by atoms with Gasteiger partial charge in [-0.15, -0.1) is 0 Å². The maximum atomic E-state index is 3.72. The molecule has 2 aliphatic carbocycles. The van der Waals surface area contributed by atoms with E-state index in [1.54, 1.807) is 0 Å². The standard InChI is InChI=1S/C11H19Br/c12-9-11(7-4-8-11)10-5-2-1-3-6-10/h10H,1-9H2. The molecule has 0 atom stereocenters. The fourth-order valence-electron chi connectivity index (χ4n) is 3.00. The van der Waals surface area contributed by atoms with Crippen molar-refractivity contribution in [1.82, 2.24) is 0 Å². The minimum Gasteiger partial charge on any atom is -0.0922 e. The van der Waals surface area contributed by atoms with Crippen LogP contribution in [-0.4, -0.2) is 5.33 Å². The van der Waals surface area contributed by atoms with Crippen molar-refractivity contribution in [3.05, 3.63) is 0 Å². The number of alkyl halides is 1. The van der Waals surface area contributed by atoms with Crippen molar-refractivity contribution in [3.8, 4) is 0 Å². The van der Waals surface area contributed by atoms with Crippen LogP contribution in [0.5, 0.6) is 0 Å². The first-order chi connectivity index (χ1) is 5.87. The van der Waals surface area contributed by atoms with Gasteiger partial charge < -0.3 is 0 Å². The van der Waals surface area contributed by atoms with Crippen LogP contribution in [0.4, 0.5) is 0 Å². The molecule has 0 N–H and O–H groups in total. The molecule has 0 saturated heterocycles. The zero-order chi connectivity index (χ0) is 8.44. The van der Waals surface area contributed by atoms with Gasteiger partial charge >= 0.3 is 0 Å². The van der Waals surface area contributed by atoms with Crippen LogP contribution in [0.3, 0.4) is 0 Å². The Hall–Kier alpha value is 0.480. The van der Waals surface area contributed by atoms with Gasteiger partial charge in [0.15, 0.2) is 0 Å². The number of hydrogen-bond donors (Lipinski definition) is 0. The molecular weight excluding hydrogens is 212 g/mol. The van der Waals surface area contributed by atoms with E-state index in [1.165, 1.54) is 56.7 Å². The lowest BCUT2D eigenvalue weighted by atomic mass is 9.59. The number of hydrogen-bond acceptors (Lipinski definition) is 0. The molecule has 1 heteroatoms. The van der Waals surface area contributed by atoms with Gasteiger partial charge in [-0.25, -0.2) is 0 Å². The fraction of sp³-hybridized carbons (Fsp3) is 1.00. The minimum atomic E-state index is 0.750. The highest BCUT2D eigenvalue weighted by Gasteiger charge is 2.42. The third-order valence-electron chi connectivity index (χ3n) is 4.09. The van der Waals surface area contributed by atoms with Gasteiger partial charge in [0, 0.05) is 5.33 Å². The fourth-order valence-corrected chi connectivity index (χ4v) is 4.02. The lowest BCUT2D eigenvalue weighted by Gasteiger charge is -2.48. The first-order valence-electron chi connectivity index (χ1n) is 5.43. The molecular formula is C11H19Br. The molecule has 0 aliphatic heterocycles. The van der Waals surface area contributed by atoms with Gasteiger partial charge in [0.05, 0.1) is 0 Å². The second-order valence-corrected chi connectivity index (χ2v) is 5.25. The van der Waals surface area contributed by atoms with E-state index in [4.69, 9.17) is 0 Å². The molecule has 70 valence electrons. The normalized spacial score (nSPS) is 29.8. The van der Waals surface area contributed by atoms with E-state index in [9.17, 15) is 0 Å². The summed E-state index contributed by atoms with van der Waals surface area (Å²) in [6, 6.07) is 0. The van der Waals surface area contributed by atoms with Crippen LogP contribution in [0, 0.1) is 11.3 Å². The van der Waals surface area contributed by atoms with E-state index in [2.05, 4.69) is 15.9 Å². The second kappa shape index (κ2) is 3.69. The third kappa shape index (κ3) is 1.45. The average Bonchev–Trinajstić information content (AvgIpc) is 2.05. The lowest BCUT2D eigenvalue weighted by Crippen LogP contribution is -2.39. The van der Waals surface area contributed by atoms with Crippen LogP contribution in [0.15, 0.2) is 0 Å². The zero-order valence-electron chi connectivity index (χ0n) is 7.82. The van der Waals surface area contributed by atoms with E-state index in [1.807, 2.05) is 0 Å². The van der Waals surface area contributed by atoms with E-state index in [0.29, 0.717) is 0 Å². The quantitative estimate of drug-likeness (QED) is 0.627. The highest BCUT2D eigenvalue weighted by Crippen LogP contribution is 2.52. The highest BCUT2D eigenvalue weighted by molar-refractivity contribution is 9.09. The van der Waals surface area contributed by atoms with Crippen molar-refractivity contribution < 1.29 is 0 Å². The van der Waals surface area contributed by atoms with Gasteiger partial charge in [-0.1, -0.05) is 41.6 Å². The Morgan fingerprint density at radius 1 is 1.00 bits per heavy atom. The van der Waals surface area contributed by atoms with Crippen molar-refractivity contribution >= 4 is 15.9 Å². The first-order valence-corrected chi connectivity index (χ1v) is 6.55. The molecule has 0 unspecified atom stereocenters. The molecule has 0 aromatic heterocycles. The van der Waals surface area contributed by atoms with Crippen LogP contribution in [0.25, 0.3) is 0 Å². The van der Waals surface area contributed by atoms with Gasteiger partial charge in [-0.3, -0.25) is 0 Å². The summed E-state index contributed by atoms with van der Waals surface area (Å²) in [5, 5.41) is 1.27. The maximum Gasteiger partial charge on any atom is 0.00906 e. The largest absolute Gasteiger partial charge is 0.0922 e. The zero-order valence-corrected chi connectivity index (χ0v) is 9.41. The van der Waals surface area contributed by atoms with Crippen molar-refractivity contribution in [2.75, 3.05) is 5.33 Å². The molecule has 0 spiro atoms. The monoisotopic (exact) mass is 230 g/mol. The van der Waals surface area contributed by atoms with Gasteiger partial charge in [0.25, 0.3) is 0 Å². The average molecular weight is 231 g/mol. The van der Waals surface area contributed by atoms with E-state index >= 15 is 0 Å². The van der Waals surface area contributed by atoms with Crippen LogP contribution >= 0.6 is 15.9 Å². The topological polar surface area (TPSA) is 0 Å². The Balaban J connectivity index is 1.95. The Bertz CT molecular complexity index is 138. The Morgan fingerprint density at radius 3 is 2.08 bits per heavy atom. The molecule has 2 fully saturated rings. The van der Waals surface area contributed by atoms with Gasteiger partial charge in [-0.05, 0) is 37.0 Å². The smallest absolute Gasteiger partial charge is 0.00906 e. The van der Waals surface area contributed by atoms with Crippen LogP contribution in [0.1, 0.15) is 51.4 Å². The molecule has 12 heavy (non-hydrogen) atoms. The van der Waals surface area contributed by atoms with E-state index in [0.717, 1.165) is 11.3 Å². The van der Waals surface area contributed by atoms with Gasteiger partial charge in [0.1, 0.15) is 0 Å². The number of rotatable bonds is 2. The Labute approximate surface area is 84.2 Å². The minimum absolute atomic E-state index is 0.750. The SMILES string of the molecule is BrCC1(C2CCCCC2)CCC1. The molecule has 0 amide bonds. The summed E-state index contributed by atoms with van der Waals surface area (Å²) in [6.45, 7) is 0. The summed E-state index contributed by atoms with van der Waals surface area (Å²) in [5.41, 5.74) is 0.750. The first kappa shape index (κ1) is 9.05. The maximum absolute atomic E-state index is 3.72. The molecule has 0 aromatic carbocycles. The van der Waals surface area contributed by atoms with E-state index in [-0.39, 0.29) is 0 Å². The molecule has 2 rings (SSSR count). The van der Waals surface area contributed by atoms with Crippen molar-refractivity contribution in [3.63, 3.8) is 0 Å². The summed E-state index contributed by atoms with van der Waals surface area (Å²) >= 11 is 3.72. The lowest BCUT2D eigenvalue weighted by molar-refractivity contribution is 0.0530. The summed E-state index contributed by atoms with van der Waals surface area (Å²) in [4.78, 5) is 0. The predicted octanol–water partition coefficient (Wildman–Crippen LogP) is 4.13. The van der Waals surface area contributed by atoms with Crippen LogP contribution < -0.4 is 0 Å². The summed E-state index contributed by atoms with van der Waals surface area (Å²) in [6.07, 6.45) is 12.0. The van der Waals surface area contributed by atoms with E-state index < -0.39 is 0 Å². The van der Waals surface area contributed by atoms with Crippen LogP contribution in [0.2, 0.25) is 0 Å². The number of halogens is 1. The van der Waals surface area contributed by atoms with Gasteiger partial charge in [-0.2, -0.15) is 0 Å². The molecule has 2 saturated carbocycles. The van der Waals surface area contributed by atoms with Crippen molar-refractivity contribution in [2.45, 2.75) is 51.4 Å². The third-order valence-corrected chi connectivity index (χ3v) is 5.20. The van der Waals surface area contributed by atoms with Crippen LogP contribution in [-0.2, 0) is 0 Å². The van der Waals surface area contributed by atoms with Crippen molar-refractivity contribution in [2.24, 2.45) is 11.3 Å². The molecule has 0 bridgehead atoms. The molecule has 2 aliphatic rings. The molecule has 0 heterocycles. The van der Waals surface area contributed by atoms with Gasteiger partial charge in [0.2, 0.25) is 0 Å². The highest BCUT2D eigenvalue weighted by atomic mass is 79.9. The summed E-state index contributed by atoms with van der Waals surface area (Å²) in [5.74, 6) is 1.07. The summed E-state index contributed by atoms with van der Waals surface area (Å²) < 4.78 is 0. The second-order valence-electron chi connectivity index (χ2n) is 4.68. The predicted molar refractivity (Wildman–Crippen MR) is 56.7 cm³/mol. The molecule has 0 nitrogen and oxygen atoms in total. The Kier molecular flexibility index (Phi) is 2.78. The molecule has 0 aromatic rings. The Morgan fingerprint density at radius 2 is 1.67 bits per heavy atom.